The summed E-state index contributed by atoms with van der Waals surface area (Å²) in [6.07, 6.45) is 0.976. The van der Waals surface area contributed by atoms with Crippen molar-refractivity contribution < 1.29 is 4.39 Å². The van der Waals surface area contributed by atoms with Gasteiger partial charge in [-0.05, 0) is 17.9 Å². The first-order chi connectivity index (χ1) is 7.78. The van der Waals surface area contributed by atoms with Gasteiger partial charge in [0.15, 0.2) is 5.82 Å². The molecule has 0 heterocycles. The lowest BCUT2D eigenvalue weighted by Crippen LogP contribution is -2.23. The summed E-state index contributed by atoms with van der Waals surface area (Å²) >= 11 is 5.74. The molecule has 0 aliphatic carbocycles. The number of benzene rings is 1. The zero-order valence-corrected chi connectivity index (χ0v) is 11.2. The van der Waals surface area contributed by atoms with Crippen molar-refractivity contribution in [3.8, 4) is 0 Å². The molecule has 0 spiro atoms. The van der Waals surface area contributed by atoms with Crippen LogP contribution in [0.3, 0.4) is 0 Å². The van der Waals surface area contributed by atoms with Crippen LogP contribution in [0.2, 0.25) is 5.02 Å². The summed E-state index contributed by atoms with van der Waals surface area (Å²) in [5, 5.41) is 2.91. The Bertz CT molecular complexity index is 419. The smallest absolute Gasteiger partial charge is 0.169 e. The molecule has 0 saturated heterocycles. The van der Waals surface area contributed by atoms with Gasteiger partial charge >= 0.3 is 0 Å². The fraction of sp³-hybridized carbons (Fsp3) is 0.500. The van der Waals surface area contributed by atoms with Gasteiger partial charge in [0, 0.05) is 6.54 Å². The minimum absolute atomic E-state index is 0.0622. The third kappa shape index (κ3) is 3.16. The van der Waals surface area contributed by atoms with E-state index in [4.69, 9.17) is 23.1 Å². The molecule has 0 atom stereocenters. The molecule has 0 radical (unpaired) electrons. The first-order valence-electron chi connectivity index (χ1n) is 5.55. The van der Waals surface area contributed by atoms with Crippen molar-refractivity contribution in [1.29, 1.82) is 0 Å². The van der Waals surface area contributed by atoms with Crippen molar-refractivity contribution in [1.82, 2.24) is 0 Å². The van der Waals surface area contributed by atoms with Crippen molar-refractivity contribution in [2.24, 2.45) is 5.41 Å². The Morgan fingerprint density at radius 2 is 1.94 bits per heavy atom. The van der Waals surface area contributed by atoms with Crippen LogP contribution in [0.25, 0.3) is 0 Å². The number of nitrogens with one attached hydrogen (secondary N) is 1. The summed E-state index contributed by atoms with van der Waals surface area (Å²) in [6.45, 7) is 6.88. The molecule has 0 bridgehead atoms. The Balaban J connectivity index is 2.96. The highest BCUT2D eigenvalue weighted by molar-refractivity contribution is 6.33. The molecule has 17 heavy (non-hydrogen) atoms. The molecule has 5 heteroatoms. The molecule has 0 fully saturated rings. The summed E-state index contributed by atoms with van der Waals surface area (Å²) in [5.41, 5.74) is 12.0. The number of hydrogen-bond donors (Lipinski definition) is 3. The summed E-state index contributed by atoms with van der Waals surface area (Å²) in [7, 11) is 0. The van der Waals surface area contributed by atoms with Crippen molar-refractivity contribution in [2.45, 2.75) is 27.2 Å². The molecular formula is C12H19ClFN3. The van der Waals surface area contributed by atoms with Gasteiger partial charge in [0.1, 0.15) is 5.02 Å². The largest absolute Gasteiger partial charge is 0.397 e. The lowest BCUT2D eigenvalue weighted by molar-refractivity contribution is 0.376. The average Bonchev–Trinajstić information content (AvgIpc) is 2.26. The van der Waals surface area contributed by atoms with Crippen molar-refractivity contribution in [2.75, 3.05) is 23.3 Å². The predicted octanol–water partition coefficient (Wildman–Crippen LogP) is 3.49. The minimum atomic E-state index is -0.587. The fourth-order valence-corrected chi connectivity index (χ4v) is 1.45. The highest BCUT2D eigenvalue weighted by atomic mass is 35.5. The van der Waals surface area contributed by atoms with Gasteiger partial charge in [-0.15, -0.1) is 0 Å². The molecule has 0 unspecified atom stereocenters. The van der Waals surface area contributed by atoms with Gasteiger partial charge in [-0.3, -0.25) is 0 Å². The normalized spacial score (nSPS) is 11.6. The van der Waals surface area contributed by atoms with E-state index in [9.17, 15) is 4.39 Å². The van der Waals surface area contributed by atoms with Crippen LogP contribution >= 0.6 is 11.6 Å². The number of nitrogens with two attached hydrogens (primary N) is 2. The van der Waals surface area contributed by atoms with E-state index in [0.29, 0.717) is 6.54 Å². The van der Waals surface area contributed by atoms with Gasteiger partial charge in [-0.1, -0.05) is 32.4 Å². The molecule has 1 rings (SSSR count). The Morgan fingerprint density at radius 3 is 2.47 bits per heavy atom. The van der Waals surface area contributed by atoms with Gasteiger partial charge in [0.2, 0.25) is 0 Å². The first kappa shape index (κ1) is 13.9. The highest BCUT2D eigenvalue weighted by Crippen LogP contribution is 2.34. The van der Waals surface area contributed by atoms with Crippen LogP contribution in [-0.2, 0) is 0 Å². The molecule has 5 N–H and O–H groups in total. The van der Waals surface area contributed by atoms with Crippen LogP contribution in [0.4, 0.5) is 21.5 Å². The maximum atomic E-state index is 13.8. The molecule has 3 nitrogen and oxygen atoms in total. The van der Waals surface area contributed by atoms with Crippen LogP contribution < -0.4 is 16.8 Å². The SMILES string of the molecule is CCC(C)(C)CNc1c(N)cc(N)c(Cl)c1F. The van der Waals surface area contributed by atoms with Gasteiger partial charge in [-0.25, -0.2) is 4.39 Å². The molecule has 1 aromatic rings. The summed E-state index contributed by atoms with van der Waals surface area (Å²) in [4.78, 5) is 0. The summed E-state index contributed by atoms with van der Waals surface area (Å²) < 4.78 is 13.8. The Hall–Kier alpha value is -1.16. The second-order valence-electron chi connectivity index (χ2n) is 4.93. The number of hydrogen-bond acceptors (Lipinski definition) is 3. The topological polar surface area (TPSA) is 64.1 Å². The summed E-state index contributed by atoms with van der Waals surface area (Å²) in [6, 6.07) is 1.46. The molecule has 1 aromatic carbocycles. The lowest BCUT2D eigenvalue weighted by Gasteiger charge is -2.24. The minimum Gasteiger partial charge on any atom is -0.397 e. The van der Waals surface area contributed by atoms with Crippen LogP contribution in [0.5, 0.6) is 0 Å². The first-order valence-corrected chi connectivity index (χ1v) is 5.93. The third-order valence-electron chi connectivity index (χ3n) is 2.97. The monoisotopic (exact) mass is 259 g/mol. The lowest BCUT2D eigenvalue weighted by atomic mass is 9.90. The predicted molar refractivity (Wildman–Crippen MR) is 72.8 cm³/mol. The van der Waals surface area contributed by atoms with Gasteiger partial charge in [-0.2, -0.15) is 0 Å². The van der Waals surface area contributed by atoms with E-state index in [0.717, 1.165) is 6.42 Å². The number of anilines is 3. The maximum Gasteiger partial charge on any atom is 0.169 e. The van der Waals surface area contributed by atoms with E-state index in [1.54, 1.807) is 0 Å². The Morgan fingerprint density at radius 1 is 1.35 bits per heavy atom. The summed E-state index contributed by atoms with van der Waals surface area (Å²) in [5.74, 6) is -0.587. The van der Waals surface area contributed by atoms with Gasteiger partial charge in [0.25, 0.3) is 0 Å². The van der Waals surface area contributed by atoms with Crippen LogP contribution in [0.1, 0.15) is 27.2 Å². The zero-order chi connectivity index (χ0) is 13.2. The van der Waals surface area contributed by atoms with Crippen molar-refractivity contribution >= 4 is 28.7 Å². The number of rotatable bonds is 4. The zero-order valence-electron chi connectivity index (χ0n) is 10.4. The second kappa shape index (κ2) is 5.00. The van der Waals surface area contributed by atoms with Crippen LogP contribution in [-0.4, -0.2) is 6.54 Å². The molecule has 0 aliphatic rings. The Labute approximate surface area is 106 Å². The second-order valence-corrected chi connectivity index (χ2v) is 5.31. The molecule has 96 valence electrons. The van der Waals surface area contributed by atoms with Crippen molar-refractivity contribution in [3.63, 3.8) is 0 Å². The third-order valence-corrected chi connectivity index (χ3v) is 3.35. The molecule has 0 aliphatic heterocycles. The van der Waals surface area contributed by atoms with E-state index < -0.39 is 5.82 Å². The molecule has 0 amide bonds. The molecule has 0 saturated carbocycles. The number of halogens is 2. The quantitative estimate of drug-likeness (QED) is 0.725. The van der Waals surface area contributed by atoms with E-state index in [1.807, 2.05) is 0 Å². The van der Waals surface area contributed by atoms with Gasteiger partial charge in [0.05, 0.1) is 17.1 Å². The van der Waals surface area contributed by atoms with Gasteiger partial charge < -0.3 is 16.8 Å². The van der Waals surface area contributed by atoms with E-state index >= 15 is 0 Å². The molecular weight excluding hydrogens is 241 g/mol. The van der Waals surface area contributed by atoms with Crippen LogP contribution in [0, 0.1) is 11.2 Å². The number of nitrogen functional groups attached to an aromatic ring is 2. The van der Waals surface area contributed by atoms with Crippen molar-refractivity contribution in [3.05, 3.63) is 16.9 Å². The van der Waals surface area contributed by atoms with E-state index in [1.165, 1.54) is 6.07 Å². The molecule has 0 aromatic heterocycles. The van der Waals surface area contributed by atoms with E-state index in [2.05, 4.69) is 26.1 Å². The highest BCUT2D eigenvalue weighted by Gasteiger charge is 2.18. The fourth-order valence-electron chi connectivity index (χ4n) is 1.30. The van der Waals surface area contributed by atoms with E-state index in [-0.39, 0.29) is 27.5 Å². The standard InChI is InChI=1S/C12H19ClFN3/c1-4-12(2,3)6-17-11-8(16)5-7(15)9(13)10(11)14/h5,17H,4,6,15-16H2,1-3H3. The maximum absolute atomic E-state index is 13.8. The Kier molecular flexibility index (Phi) is 4.09. The van der Waals surface area contributed by atoms with Crippen LogP contribution in [0.15, 0.2) is 6.07 Å². The average molecular weight is 260 g/mol.